The largest absolute Gasteiger partial charge is 0.481 e. The SMILES string of the molecule is Cc1ccc(Cl)c(NC(=O)N2CC(CC(=O)O)C2)c1Cl. The van der Waals surface area contributed by atoms with Gasteiger partial charge in [0.2, 0.25) is 0 Å². The lowest BCUT2D eigenvalue weighted by atomic mass is 9.97. The van der Waals surface area contributed by atoms with Crippen molar-refractivity contribution in [2.24, 2.45) is 5.92 Å². The summed E-state index contributed by atoms with van der Waals surface area (Å²) in [5.74, 6) is -0.832. The third-order valence-electron chi connectivity index (χ3n) is 3.22. The zero-order valence-electron chi connectivity index (χ0n) is 10.8. The van der Waals surface area contributed by atoms with Crippen LogP contribution in [-0.2, 0) is 4.79 Å². The number of amides is 2. The van der Waals surface area contributed by atoms with Gasteiger partial charge in [0.15, 0.2) is 0 Å². The summed E-state index contributed by atoms with van der Waals surface area (Å²) < 4.78 is 0. The molecule has 0 unspecified atom stereocenters. The Bertz CT molecular complexity index is 557. The number of nitrogens with one attached hydrogen (secondary N) is 1. The molecule has 1 aromatic rings. The molecule has 0 spiro atoms. The van der Waals surface area contributed by atoms with Crippen molar-refractivity contribution in [1.82, 2.24) is 4.90 Å². The minimum Gasteiger partial charge on any atom is -0.481 e. The quantitative estimate of drug-likeness (QED) is 0.899. The van der Waals surface area contributed by atoms with Gasteiger partial charge in [-0.25, -0.2) is 4.79 Å². The van der Waals surface area contributed by atoms with Crippen molar-refractivity contribution >= 4 is 40.9 Å². The fraction of sp³-hybridized carbons (Fsp3) is 0.385. The first-order valence-corrected chi connectivity index (χ1v) is 6.86. The van der Waals surface area contributed by atoms with Gasteiger partial charge in [-0.15, -0.1) is 0 Å². The number of aliphatic carboxylic acids is 1. The van der Waals surface area contributed by atoms with Crippen LogP contribution in [0, 0.1) is 12.8 Å². The number of hydrogen-bond acceptors (Lipinski definition) is 2. The van der Waals surface area contributed by atoms with Crippen LogP contribution in [0.15, 0.2) is 12.1 Å². The van der Waals surface area contributed by atoms with Gasteiger partial charge in [0.25, 0.3) is 0 Å². The number of benzene rings is 1. The molecular weight excluding hydrogens is 303 g/mol. The van der Waals surface area contributed by atoms with Crippen molar-refractivity contribution in [3.63, 3.8) is 0 Å². The minimum absolute atomic E-state index is 0.0155. The van der Waals surface area contributed by atoms with E-state index in [-0.39, 0.29) is 18.4 Å². The maximum absolute atomic E-state index is 12.0. The van der Waals surface area contributed by atoms with Crippen molar-refractivity contribution in [3.05, 3.63) is 27.7 Å². The van der Waals surface area contributed by atoms with Crippen molar-refractivity contribution in [2.75, 3.05) is 18.4 Å². The normalized spacial score (nSPS) is 14.8. The van der Waals surface area contributed by atoms with Crippen LogP contribution in [0.3, 0.4) is 0 Å². The molecule has 2 rings (SSSR count). The van der Waals surface area contributed by atoms with Gasteiger partial charge in [0.05, 0.1) is 22.2 Å². The summed E-state index contributed by atoms with van der Waals surface area (Å²) in [6.45, 7) is 2.68. The number of urea groups is 1. The Kier molecular flexibility index (Phi) is 4.40. The van der Waals surface area contributed by atoms with E-state index in [1.54, 1.807) is 12.1 Å². The highest BCUT2D eigenvalue weighted by atomic mass is 35.5. The number of nitrogens with zero attached hydrogens (tertiary/aromatic N) is 1. The molecule has 2 amide bonds. The molecule has 1 fully saturated rings. The van der Waals surface area contributed by atoms with E-state index in [0.717, 1.165) is 5.56 Å². The second-order valence-electron chi connectivity index (χ2n) is 4.85. The first-order chi connectivity index (χ1) is 9.38. The Hall–Kier alpha value is -1.46. The van der Waals surface area contributed by atoms with Crippen LogP contribution in [0.5, 0.6) is 0 Å². The average Bonchev–Trinajstić information content (AvgIpc) is 2.33. The van der Waals surface area contributed by atoms with Crippen LogP contribution in [-0.4, -0.2) is 35.1 Å². The van der Waals surface area contributed by atoms with E-state index in [1.165, 1.54) is 4.90 Å². The number of carboxylic acids is 1. The molecule has 0 atom stereocenters. The highest BCUT2D eigenvalue weighted by Gasteiger charge is 2.32. The van der Waals surface area contributed by atoms with Crippen LogP contribution in [0.25, 0.3) is 0 Å². The highest BCUT2D eigenvalue weighted by Crippen LogP contribution is 2.33. The lowest BCUT2D eigenvalue weighted by Gasteiger charge is -2.38. The fourth-order valence-electron chi connectivity index (χ4n) is 2.07. The van der Waals surface area contributed by atoms with E-state index >= 15 is 0 Å². The summed E-state index contributed by atoms with van der Waals surface area (Å²) in [5.41, 5.74) is 1.21. The van der Waals surface area contributed by atoms with E-state index in [2.05, 4.69) is 5.32 Å². The summed E-state index contributed by atoms with van der Waals surface area (Å²) in [6, 6.07) is 3.12. The van der Waals surface area contributed by atoms with Crippen LogP contribution in [0.4, 0.5) is 10.5 Å². The molecular formula is C13H14Cl2N2O3. The molecule has 0 aromatic heterocycles. The number of anilines is 1. The van der Waals surface area contributed by atoms with Crippen LogP contribution in [0.2, 0.25) is 10.0 Å². The highest BCUT2D eigenvalue weighted by molar-refractivity contribution is 6.40. The van der Waals surface area contributed by atoms with Crippen LogP contribution in [0.1, 0.15) is 12.0 Å². The monoisotopic (exact) mass is 316 g/mol. The number of likely N-dealkylation sites (tertiary alicyclic amines) is 1. The third-order valence-corrected chi connectivity index (χ3v) is 4.03. The van der Waals surface area contributed by atoms with Gasteiger partial charge >= 0.3 is 12.0 Å². The van der Waals surface area contributed by atoms with Crippen molar-refractivity contribution in [1.29, 1.82) is 0 Å². The number of hydrogen-bond donors (Lipinski definition) is 2. The van der Waals surface area contributed by atoms with Gasteiger partial charge in [-0.2, -0.15) is 0 Å². The van der Waals surface area contributed by atoms with Gasteiger partial charge in [-0.1, -0.05) is 29.3 Å². The van der Waals surface area contributed by atoms with Gasteiger partial charge in [-0.3, -0.25) is 4.79 Å². The van der Waals surface area contributed by atoms with E-state index < -0.39 is 5.97 Å². The Morgan fingerprint density at radius 1 is 1.40 bits per heavy atom. The Balaban J connectivity index is 1.97. The molecule has 108 valence electrons. The van der Waals surface area contributed by atoms with E-state index in [1.807, 2.05) is 6.92 Å². The lowest BCUT2D eigenvalue weighted by molar-refractivity contribution is -0.139. The molecule has 0 bridgehead atoms. The lowest BCUT2D eigenvalue weighted by Crippen LogP contribution is -2.52. The van der Waals surface area contributed by atoms with Gasteiger partial charge < -0.3 is 15.3 Å². The molecule has 7 heteroatoms. The Morgan fingerprint density at radius 3 is 2.65 bits per heavy atom. The predicted octanol–water partition coefficient (Wildman–Crippen LogP) is 3.24. The smallest absolute Gasteiger partial charge is 0.321 e. The molecule has 0 saturated carbocycles. The van der Waals surface area contributed by atoms with Gasteiger partial charge in [0.1, 0.15) is 0 Å². The third kappa shape index (κ3) is 3.16. The second-order valence-corrected chi connectivity index (χ2v) is 5.64. The number of carbonyl (C=O) groups excluding carboxylic acids is 1. The molecule has 1 heterocycles. The zero-order chi connectivity index (χ0) is 14.9. The number of halogens is 2. The molecule has 2 N–H and O–H groups in total. The van der Waals surface area contributed by atoms with Crippen molar-refractivity contribution in [3.8, 4) is 0 Å². The topological polar surface area (TPSA) is 69.6 Å². The number of rotatable bonds is 3. The van der Waals surface area contributed by atoms with E-state index in [4.69, 9.17) is 28.3 Å². The summed E-state index contributed by atoms with van der Waals surface area (Å²) in [6.07, 6.45) is 0.0791. The molecule has 1 saturated heterocycles. The summed E-state index contributed by atoms with van der Waals surface area (Å²) >= 11 is 12.1. The number of carbonyl (C=O) groups is 2. The maximum atomic E-state index is 12.0. The van der Waals surface area contributed by atoms with Crippen molar-refractivity contribution in [2.45, 2.75) is 13.3 Å². The first kappa shape index (κ1) is 14.9. The second kappa shape index (κ2) is 5.89. The molecule has 1 aliphatic heterocycles. The average molecular weight is 317 g/mol. The van der Waals surface area contributed by atoms with Crippen LogP contribution >= 0.6 is 23.2 Å². The maximum Gasteiger partial charge on any atom is 0.321 e. The van der Waals surface area contributed by atoms with Gasteiger partial charge in [0, 0.05) is 19.0 Å². The first-order valence-electron chi connectivity index (χ1n) is 6.10. The molecule has 1 aliphatic rings. The van der Waals surface area contributed by atoms with Crippen molar-refractivity contribution < 1.29 is 14.7 Å². The van der Waals surface area contributed by atoms with E-state index in [9.17, 15) is 9.59 Å². The fourth-order valence-corrected chi connectivity index (χ4v) is 2.53. The number of aryl methyl sites for hydroxylation is 1. The predicted molar refractivity (Wildman–Crippen MR) is 77.5 cm³/mol. The van der Waals surface area contributed by atoms with Gasteiger partial charge in [-0.05, 0) is 18.6 Å². The molecule has 20 heavy (non-hydrogen) atoms. The zero-order valence-corrected chi connectivity index (χ0v) is 12.3. The standard InChI is InChI=1S/C13H14Cl2N2O3/c1-7-2-3-9(14)12(11(7)15)16-13(20)17-5-8(6-17)4-10(18)19/h2-3,8H,4-6H2,1H3,(H,16,20)(H,18,19). The molecule has 0 aliphatic carbocycles. The number of carboxylic acid groups (broad SMARTS) is 1. The molecule has 5 nitrogen and oxygen atoms in total. The minimum atomic E-state index is -0.847. The molecule has 0 radical (unpaired) electrons. The Labute approximate surface area is 126 Å². The Morgan fingerprint density at radius 2 is 2.05 bits per heavy atom. The summed E-state index contributed by atoms with van der Waals surface area (Å²) in [5, 5.41) is 12.1. The summed E-state index contributed by atoms with van der Waals surface area (Å²) in [7, 11) is 0. The van der Waals surface area contributed by atoms with Crippen LogP contribution < -0.4 is 5.32 Å². The summed E-state index contributed by atoms with van der Waals surface area (Å²) in [4.78, 5) is 24.1. The van der Waals surface area contributed by atoms with E-state index in [0.29, 0.717) is 28.8 Å². The molecule has 1 aromatic carbocycles.